The maximum Gasteiger partial charge on any atom is 0.425 e. The Bertz CT molecular complexity index is 437. The van der Waals surface area contributed by atoms with E-state index in [0.29, 0.717) is 17.1 Å². The summed E-state index contributed by atoms with van der Waals surface area (Å²) in [5, 5.41) is 18.6. The second-order valence-corrected chi connectivity index (χ2v) is 2.71. The normalized spacial score (nSPS) is 10.9. The smallest absolute Gasteiger partial charge is 0.284 e. The lowest BCUT2D eigenvalue weighted by Gasteiger charge is -1.99. The van der Waals surface area contributed by atoms with Gasteiger partial charge in [-0.25, -0.2) is 20.2 Å². The van der Waals surface area contributed by atoms with Crippen molar-refractivity contribution in [2.45, 2.75) is 6.92 Å². The molecule has 0 fully saturated rings. The molecule has 0 aliphatic heterocycles. The van der Waals surface area contributed by atoms with Crippen LogP contribution in [0, 0.1) is 17.0 Å². The van der Waals surface area contributed by atoms with E-state index in [9.17, 15) is 10.1 Å². The molecule has 1 aromatic rings. The molecular weight excluding hydrogens is 218 g/mol. The average molecular weight is 228 g/mol. The third kappa shape index (κ3) is 2.94. The predicted molar refractivity (Wildman–Crippen MR) is 51.5 cm³/mol. The van der Waals surface area contributed by atoms with Crippen molar-refractivity contribution in [2.24, 2.45) is 5.73 Å². The monoisotopic (exact) mass is 228 g/mol. The predicted octanol–water partition coefficient (Wildman–Crippen LogP) is -2.97. The van der Waals surface area contributed by atoms with Gasteiger partial charge in [0.05, 0.1) is 5.70 Å². The van der Waals surface area contributed by atoms with Gasteiger partial charge in [0, 0.05) is 5.43 Å². The molecule has 0 aliphatic rings. The number of hydrazine groups is 2. The Labute approximate surface area is 89.3 Å². The van der Waals surface area contributed by atoms with Crippen LogP contribution in [-0.2, 0) is 0 Å². The van der Waals surface area contributed by atoms with Crippen LogP contribution < -0.4 is 21.7 Å². The summed E-state index contributed by atoms with van der Waals surface area (Å²) >= 11 is 0. The Morgan fingerprint density at radius 1 is 1.69 bits per heavy atom. The first-order valence-electron chi connectivity index (χ1n) is 4.04. The molecule has 10 heteroatoms. The number of aryl methyl sites for hydroxylation is 1. The number of hydrogen-bond acceptors (Lipinski definition) is 6. The molecule has 1 heterocycles. The van der Waals surface area contributed by atoms with Crippen LogP contribution in [0.5, 0.6) is 0 Å². The molecule has 16 heavy (non-hydrogen) atoms. The zero-order valence-corrected chi connectivity index (χ0v) is 8.35. The highest BCUT2D eigenvalue weighted by Gasteiger charge is 2.11. The zero-order chi connectivity index (χ0) is 12.1. The van der Waals surface area contributed by atoms with Crippen LogP contribution in [0.25, 0.3) is 5.70 Å². The van der Waals surface area contributed by atoms with Gasteiger partial charge in [0.1, 0.15) is 5.69 Å². The summed E-state index contributed by atoms with van der Waals surface area (Å²) in [6.45, 7) is 5.27. The van der Waals surface area contributed by atoms with Gasteiger partial charge in [0.15, 0.2) is 5.69 Å². The topological polar surface area (TPSA) is 146 Å². The second-order valence-electron chi connectivity index (χ2n) is 2.71. The number of nitrogens with one attached hydrogen (secondary N) is 3. The number of nitro groups is 1. The minimum atomic E-state index is -0.810. The Morgan fingerprint density at radius 2 is 2.38 bits per heavy atom. The second kappa shape index (κ2) is 4.72. The zero-order valence-electron chi connectivity index (χ0n) is 8.35. The lowest BCUT2D eigenvalue weighted by molar-refractivity contribution is -0.561. The molecule has 1 aromatic heterocycles. The summed E-state index contributed by atoms with van der Waals surface area (Å²) in [6, 6.07) is 0. The minimum absolute atomic E-state index is 0.291. The van der Waals surface area contributed by atoms with Gasteiger partial charge >= 0.3 is 5.96 Å². The van der Waals surface area contributed by atoms with Crippen molar-refractivity contribution in [3.63, 3.8) is 0 Å². The summed E-state index contributed by atoms with van der Waals surface area (Å²) in [6.07, 6.45) is 0. The summed E-state index contributed by atoms with van der Waals surface area (Å²) in [7, 11) is 0. The molecule has 0 aromatic carbocycles. The first-order chi connectivity index (χ1) is 7.50. The molecule has 86 valence electrons. The van der Waals surface area contributed by atoms with Crippen molar-refractivity contribution in [1.29, 1.82) is 0 Å². The Morgan fingerprint density at radius 3 is 2.88 bits per heavy atom. The van der Waals surface area contributed by atoms with E-state index in [1.165, 1.54) is 0 Å². The SMILES string of the molecule is C=C(N[NH+]=C(N)N[N+](=O)[O-])c1nonc1C. The van der Waals surface area contributed by atoms with Crippen LogP contribution >= 0.6 is 0 Å². The van der Waals surface area contributed by atoms with Crippen LogP contribution in [0.3, 0.4) is 0 Å². The van der Waals surface area contributed by atoms with Gasteiger partial charge in [-0.15, -0.1) is 0 Å². The fourth-order valence-corrected chi connectivity index (χ4v) is 0.834. The molecule has 10 nitrogen and oxygen atoms in total. The highest BCUT2D eigenvalue weighted by Crippen LogP contribution is 2.07. The number of rotatable bonds is 4. The highest BCUT2D eigenvalue weighted by atomic mass is 16.7. The van der Waals surface area contributed by atoms with Gasteiger partial charge in [0.25, 0.3) is 0 Å². The first-order valence-corrected chi connectivity index (χ1v) is 4.04. The van der Waals surface area contributed by atoms with Crippen LogP contribution in [0.1, 0.15) is 11.4 Å². The van der Waals surface area contributed by atoms with E-state index in [1.807, 2.05) is 0 Å². The fourth-order valence-electron chi connectivity index (χ4n) is 0.834. The molecule has 0 aliphatic carbocycles. The molecule has 0 atom stereocenters. The third-order valence-corrected chi connectivity index (χ3v) is 1.50. The van der Waals surface area contributed by atoms with Gasteiger partial charge in [0.2, 0.25) is 5.03 Å². The van der Waals surface area contributed by atoms with E-state index < -0.39 is 5.03 Å². The van der Waals surface area contributed by atoms with Gasteiger partial charge in [-0.1, -0.05) is 11.7 Å². The quantitative estimate of drug-likeness (QED) is 0.185. The Hall–Kier alpha value is -2.65. The fraction of sp³-hybridized carbons (Fsp3) is 0.167. The summed E-state index contributed by atoms with van der Waals surface area (Å²) in [4.78, 5) is 10.0. The van der Waals surface area contributed by atoms with Crippen LogP contribution in [0.15, 0.2) is 11.2 Å². The van der Waals surface area contributed by atoms with E-state index in [1.54, 1.807) is 12.3 Å². The summed E-state index contributed by atoms with van der Waals surface area (Å²) in [5.41, 5.74) is 10.6. The summed E-state index contributed by atoms with van der Waals surface area (Å²) in [5.74, 6) is -0.291. The maximum absolute atomic E-state index is 10.0. The minimum Gasteiger partial charge on any atom is -0.284 e. The molecule has 0 saturated heterocycles. The molecule has 0 spiro atoms. The van der Waals surface area contributed by atoms with Gasteiger partial charge in [-0.2, -0.15) is 5.10 Å². The van der Waals surface area contributed by atoms with Gasteiger partial charge < -0.3 is 0 Å². The molecule has 0 unspecified atom stereocenters. The molecule has 0 radical (unpaired) electrons. The third-order valence-electron chi connectivity index (χ3n) is 1.50. The van der Waals surface area contributed by atoms with Crippen molar-refractivity contribution in [3.8, 4) is 0 Å². The van der Waals surface area contributed by atoms with E-state index in [2.05, 4.69) is 32.0 Å². The molecule has 0 amide bonds. The Balaban J connectivity index is 2.59. The largest absolute Gasteiger partial charge is 0.425 e. The number of nitrogens with zero attached hydrogens (tertiary/aromatic N) is 3. The van der Waals surface area contributed by atoms with Crippen molar-refractivity contribution in [2.75, 3.05) is 0 Å². The molecule has 5 N–H and O–H groups in total. The van der Waals surface area contributed by atoms with Crippen molar-refractivity contribution >= 4 is 11.7 Å². The number of hydrogen-bond donors (Lipinski definition) is 4. The first kappa shape index (κ1) is 11.4. The van der Waals surface area contributed by atoms with Gasteiger partial charge in [-0.3, -0.25) is 5.73 Å². The van der Waals surface area contributed by atoms with E-state index in [-0.39, 0.29) is 5.96 Å². The molecular formula is C6H10N7O3+. The van der Waals surface area contributed by atoms with Crippen LogP contribution in [-0.4, -0.2) is 21.3 Å². The number of nitrogens with two attached hydrogens (primary N) is 1. The van der Waals surface area contributed by atoms with Crippen molar-refractivity contribution in [1.82, 2.24) is 21.2 Å². The standard InChI is InChI=1S/C6H9N7O3/c1-3(5-4(2)11-16-12-5)8-9-6(7)10-13(14)15/h8H,1H2,2H3,(H3,7,9,10)/p+1. The molecule has 1 rings (SSSR count). The van der Waals surface area contributed by atoms with E-state index in [0.717, 1.165) is 0 Å². The van der Waals surface area contributed by atoms with Crippen LogP contribution in [0.2, 0.25) is 0 Å². The van der Waals surface area contributed by atoms with E-state index >= 15 is 0 Å². The van der Waals surface area contributed by atoms with Crippen LogP contribution in [0.4, 0.5) is 0 Å². The maximum atomic E-state index is 10.0. The van der Waals surface area contributed by atoms with Gasteiger partial charge in [-0.05, 0) is 12.1 Å². The summed E-state index contributed by atoms with van der Waals surface area (Å²) < 4.78 is 4.45. The molecule has 0 saturated carbocycles. The molecule has 0 bridgehead atoms. The lowest BCUT2D eigenvalue weighted by Crippen LogP contribution is -2.86. The van der Waals surface area contributed by atoms with E-state index in [4.69, 9.17) is 5.73 Å². The van der Waals surface area contributed by atoms with Crippen molar-refractivity contribution < 1.29 is 14.8 Å². The number of hydrazone groups is 1. The number of guanidine groups is 1. The van der Waals surface area contributed by atoms with Crippen molar-refractivity contribution in [3.05, 3.63) is 28.1 Å². The average Bonchev–Trinajstić information content (AvgIpc) is 2.60. The number of aromatic nitrogens is 2. The Kier molecular flexibility index (Phi) is 3.37. The lowest BCUT2D eigenvalue weighted by atomic mass is 10.3. The highest BCUT2D eigenvalue weighted by molar-refractivity contribution is 5.70.